The summed E-state index contributed by atoms with van der Waals surface area (Å²) in [6.07, 6.45) is 7.23. The maximum Gasteiger partial charge on any atom is 0.0637 e. The highest BCUT2D eigenvalue weighted by Crippen LogP contribution is 2.66. The Morgan fingerprint density at radius 3 is 2.59 bits per heavy atom. The molecule has 4 atom stereocenters. The Morgan fingerprint density at radius 1 is 1.24 bits per heavy atom. The van der Waals surface area contributed by atoms with Crippen LogP contribution in [0.2, 0.25) is 0 Å². The van der Waals surface area contributed by atoms with Crippen LogP contribution in [0, 0.1) is 16.7 Å². The van der Waals surface area contributed by atoms with Crippen LogP contribution in [0.5, 0.6) is 0 Å². The van der Waals surface area contributed by atoms with E-state index < -0.39 is 0 Å². The monoisotopic (exact) mass is 237 g/mol. The van der Waals surface area contributed by atoms with Crippen molar-refractivity contribution in [3.63, 3.8) is 0 Å². The molecule has 0 spiro atoms. The fraction of sp³-hybridized carbons (Fsp3) is 1.00. The topological polar surface area (TPSA) is 21.3 Å². The summed E-state index contributed by atoms with van der Waals surface area (Å²) in [5.74, 6) is 0.897. The fourth-order valence-electron chi connectivity index (χ4n) is 4.51. The van der Waals surface area contributed by atoms with Crippen molar-refractivity contribution in [3.8, 4) is 0 Å². The molecule has 0 aromatic heterocycles. The van der Waals surface area contributed by atoms with E-state index in [1.807, 2.05) is 0 Å². The standard InChI is InChI=1S/C15H27NO/c1-14(2)11-6-7-15(14,3)13(9-11)17-10-12-5-4-8-16-12/h11-13,16H,4-10H2,1-3H3. The minimum atomic E-state index is 0.427. The molecule has 0 radical (unpaired) electrons. The minimum absolute atomic E-state index is 0.427. The molecule has 3 fully saturated rings. The second-order valence-corrected chi connectivity index (χ2v) is 7.23. The molecule has 3 aliphatic rings. The Morgan fingerprint density at radius 2 is 2.06 bits per heavy atom. The lowest BCUT2D eigenvalue weighted by atomic mass is 9.70. The summed E-state index contributed by atoms with van der Waals surface area (Å²) in [4.78, 5) is 0. The fourth-order valence-corrected chi connectivity index (χ4v) is 4.51. The summed E-state index contributed by atoms with van der Waals surface area (Å²) in [6.45, 7) is 9.50. The van der Waals surface area contributed by atoms with E-state index in [1.165, 1.54) is 38.6 Å². The van der Waals surface area contributed by atoms with E-state index in [2.05, 4.69) is 26.1 Å². The van der Waals surface area contributed by atoms with Gasteiger partial charge in [-0.2, -0.15) is 0 Å². The van der Waals surface area contributed by atoms with Gasteiger partial charge in [0.25, 0.3) is 0 Å². The van der Waals surface area contributed by atoms with Crippen LogP contribution in [0.4, 0.5) is 0 Å². The average Bonchev–Trinajstić information content (AvgIpc) is 2.91. The lowest BCUT2D eigenvalue weighted by Gasteiger charge is -2.39. The predicted octanol–water partition coefficient (Wildman–Crippen LogP) is 2.97. The summed E-state index contributed by atoms with van der Waals surface area (Å²) in [7, 11) is 0. The number of hydrogen-bond acceptors (Lipinski definition) is 2. The quantitative estimate of drug-likeness (QED) is 0.815. The van der Waals surface area contributed by atoms with E-state index in [0.717, 1.165) is 12.5 Å². The molecule has 1 N–H and O–H groups in total. The number of hydrogen-bond donors (Lipinski definition) is 1. The lowest BCUT2D eigenvalue weighted by molar-refractivity contribution is -0.0520. The molecule has 1 saturated heterocycles. The number of rotatable bonds is 3. The smallest absolute Gasteiger partial charge is 0.0637 e. The van der Waals surface area contributed by atoms with E-state index in [9.17, 15) is 0 Å². The van der Waals surface area contributed by atoms with Crippen molar-refractivity contribution < 1.29 is 4.74 Å². The van der Waals surface area contributed by atoms with Gasteiger partial charge >= 0.3 is 0 Å². The van der Waals surface area contributed by atoms with Gasteiger partial charge in [-0.3, -0.25) is 0 Å². The van der Waals surface area contributed by atoms with Crippen molar-refractivity contribution in [1.82, 2.24) is 5.32 Å². The van der Waals surface area contributed by atoms with Gasteiger partial charge in [-0.25, -0.2) is 0 Å². The molecule has 4 unspecified atom stereocenters. The van der Waals surface area contributed by atoms with Gasteiger partial charge in [-0.15, -0.1) is 0 Å². The molecule has 2 aliphatic carbocycles. The first-order valence-electron chi connectivity index (χ1n) is 7.39. The van der Waals surface area contributed by atoms with Gasteiger partial charge in [-0.1, -0.05) is 20.8 Å². The third-order valence-corrected chi connectivity index (χ3v) is 6.37. The van der Waals surface area contributed by atoms with E-state index in [-0.39, 0.29) is 0 Å². The van der Waals surface area contributed by atoms with Crippen molar-refractivity contribution in [1.29, 1.82) is 0 Å². The second kappa shape index (κ2) is 3.96. The molecule has 1 heterocycles. The zero-order valence-corrected chi connectivity index (χ0v) is 11.6. The number of fused-ring (bicyclic) bond motifs is 2. The van der Waals surface area contributed by atoms with E-state index in [4.69, 9.17) is 4.74 Å². The largest absolute Gasteiger partial charge is 0.376 e. The second-order valence-electron chi connectivity index (χ2n) is 7.23. The third kappa shape index (κ3) is 1.67. The van der Waals surface area contributed by atoms with Crippen molar-refractivity contribution in [2.24, 2.45) is 16.7 Å². The molecule has 2 saturated carbocycles. The van der Waals surface area contributed by atoms with Gasteiger partial charge in [0, 0.05) is 6.04 Å². The minimum Gasteiger partial charge on any atom is -0.376 e. The number of nitrogens with one attached hydrogen (secondary N) is 1. The van der Waals surface area contributed by atoms with Crippen molar-refractivity contribution in [2.75, 3.05) is 13.2 Å². The molecule has 2 nitrogen and oxygen atoms in total. The molecule has 0 amide bonds. The Hall–Kier alpha value is -0.0800. The lowest BCUT2D eigenvalue weighted by Crippen LogP contribution is -2.39. The molecular weight excluding hydrogens is 210 g/mol. The van der Waals surface area contributed by atoms with Crippen LogP contribution >= 0.6 is 0 Å². The summed E-state index contributed by atoms with van der Waals surface area (Å²) in [5.41, 5.74) is 0.914. The SMILES string of the molecule is CC1(C)C2CCC1(C)C(OCC1CCCN1)C2. The first kappa shape index (κ1) is 12.0. The average molecular weight is 237 g/mol. The summed E-state index contributed by atoms with van der Waals surface area (Å²) < 4.78 is 6.30. The van der Waals surface area contributed by atoms with Crippen LogP contribution < -0.4 is 5.32 Å². The highest BCUT2D eigenvalue weighted by molar-refractivity contribution is 5.11. The molecule has 17 heavy (non-hydrogen) atoms. The van der Waals surface area contributed by atoms with Crippen molar-refractivity contribution in [2.45, 2.75) is 65.0 Å². The van der Waals surface area contributed by atoms with Crippen LogP contribution in [0.1, 0.15) is 52.9 Å². The Kier molecular flexibility index (Phi) is 2.79. The van der Waals surface area contributed by atoms with Crippen LogP contribution in [-0.2, 0) is 4.74 Å². The predicted molar refractivity (Wildman–Crippen MR) is 70.0 cm³/mol. The van der Waals surface area contributed by atoms with Crippen LogP contribution in [-0.4, -0.2) is 25.3 Å². The van der Waals surface area contributed by atoms with Crippen molar-refractivity contribution >= 4 is 0 Å². The zero-order chi connectivity index (χ0) is 12.1. The van der Waals surface area contributed by atoms with Gasteiger partial charge in [0.05, 0.1) is 12.7 Å². The highest BCUT2D eigenvalue weighted by atomic mass is 16.5. The molecular formula is C15H27NO. The highest BCUT2D eigenvalue weighted by Gasteiger charge is 2.61. The summed E-state index contributed by atoms with van der Waals surface area (Å²) >= 11 is 0. The van der Waals surface area contributed by atoms with Gasteiger partial charge in [0.15, 0.2) is 0 Å². The molecule has 3 rings (SSSR count). The van der Waals surface area contributed by atoms with Crippen LogP contribution in [0.15, 0.2) is 0 Å². The van der Waals surface area contributed by atoms with Gasteiger partial charge in [0.1, 0.15) is 0 Å². The van der Waals surface area contributed by atoms with E-state index in [0.29, 0.717) is 23.0 Å². The van der Waals surface area contributed by atoms with Gasteiger partial charge in [-0.05, 0) is 55.4 Å². The first-order chi connectivity index (χ1) is 8.04. The molecule has 2 bridgehead atoms. The normalized spacial score (nSPS) is 47.8. The van der Waals surface area contributed by atoms with E-state index in [1.54, 1.807) is 0 Å². The maximum atomic E-state index is 6.30. The zero-order valence-electron chi connectivity index (χ0n) is 11.6. The summed E-state index contributed by atoms with van der Waals surface area (Å²) in [5, 5.41) is 3.53. The molecule has 2 heteroatoms. The van der Waals surface area contributed by atoms with Crippen LogP contribution in [0.25, 0.3) is 0 Å². The Labute approximate surface area is 105 Å². The third-order valence-electron chi connectivity index (χ3n) is 6.37. The Bertz CT molecular complexity index is 295. The van der Waals surface area contributed by atoms with E-state index >= 15 is 0 Å². The van der Waals surface area contributed by atoms with Crippen molar-refractivity contribution in [3.05, 3.63) is 0 Å². The summed E-state index contributed by atoms with van der Waals surface area (Å²) in [6, 6.07) is 0.626. The first-order valence-corrected chi connectivity index (χ1v) is 7.39. The molecule has 0 aromatic rings. The Balaban J connectivity index is 1.62. The molecule has 0 aromatic carbocycles. The molecule has 1 aliphatic heterocycles. The van der Waals surface area contributed by atoms with Gasteiger partial charge < -0.3 is 10.1 Å². The maximum absolute atomic E-state index is 6.30. The number of ether oxygens (including phenoxy) is 1. The molecule has 98 valence electrons. The van der Waals surface area contributed by atoms with Gasteiger partial charge in [0.2, 0.25) is 0 Å². The van der Waals surface area contributed by atoms with Crippen LogP contribution in [0.3, 0.4) is 0 Å².